The third-order valence-corrected chi connectivity index (χ3v) is 3.34. The molecule has 0 aromatic carbocycles. The van der Waals surface area contributed by atoms with Crippen LogP contribution >= 0.6 is 46.4 Å². The third-order valence-electron chi connectivity index (χ3n) is 2.46. The summed E-state index contributed by atoms with van der Waals surface area (Å²) < 4.78 is 0. The first-order chi connectivity index (χ1) is 11.5. The molecule has 0 bridgehead atoms. The van der Waals surface area contributed by atoms with Gasteiger partial charge in [-0.15, -0.1) is 20.4 Å². The molecule has 0 saturated heterocycles. The summed E-state index contributed by atoms with van der Waals surface area (Å²) in [6, 6.07) is 4.90. The molecule has 0 atom stereocenters. The second-order valence-electron chi connectivity index (χ2n) is 5.24. The number of aromatic nitrogens is 4. The fourth-order valence-corrected chi connectivity index (χ4v) is 1.74. The molecule has 0 spiro atoms. The maximum Gasteiger partial charge on any atom is 0.305 e. The smallest absolute Gasteiger partial charge is 0.305 e. The van der Waals surface area contributed by atoms with Crippen LogP contribution in [0.2, 0.25) is 20.6 Å². The van der Waals surface area contributed by atoms with E-state index in [4.69, 9.17) is 51.5 Å². The lowest BCUT2D eigenvalue weighted by Gasteiger charge is -2.05. The Balaban J connectivity index is 0. The minimum atomic E-state index is -0.741. The molecule has 0 aliphatic rings. The topological polar surface area (TPSA) is 88.9 Å². The van der Waals surface area contributed by atoms with Gasteiger partial charge in [0.2, 0.25) is 0 Å². The fourth-order valence-electron chi connectivity index (χ4n) is 1.07. The summed E-state index contributed by atoms with van der Waals surface area (Å²) in [5.41, 5.74) is 0.937. The van der Waals surface area contributed by atoms with E-state index in [-0.39, 0.29) is 13.3 Å². The Morgan fingerprint density at radius 1 is 0.885 bits per heavy atom. The van der Waals surface area contributed by atoms with Gasteiger partial charge in [0.05, 0.1) is 5.92 Å². The molecular formula is C16H22Cl4N4O2. The molecule has 0 saturated carbocycles. The van der Waals surface area contributed by atoms with E-state index in [0.29, 0.717) is 26.5 Å². The molecule has 2 rings (SSSR count). The van der Waals surface area contributed by atoms with Crippen molar-refractivity contribution < 1.29 is 9.90 Å². The molecule has 10 heteroatoms. The van der Waals surface area contributed by atoms with Crippen molar-refractivity contribution in [2.24, 2.45) is 5.92 Å². The van der Waals surface area contributed by atoms with E-state index < -0.39 is 5.97 Å². The molecule has 2 heterocycles. The predicted octanol–water partition coefficient (Wildman–Crippen LogP) is 6.05. The summed E-state index contributed by atoms with van der Waals surface area (Å²) in [7, 11) is 0. The van der Waals surface area contributed by atoms with Gasteiger partial charge in [0.15, 0.2) is 20.6 Å². The van der Waals surface area contributed by atoms with E-state index in [1.165, 1.54) is 0 Å². The lowest BCUT2D eigenvalue weighted by molar-refractivity contribution is -0.140. The number of hydrogen-bond donors (Lipinski definition) is 1. The fraction of sp³-hybridized carbons (Fsp3) is 0.438. The zero-order valence-corrected chi connectivity index (χ0v) is 17.1. The predicted molar refractivity (Wildman–Crippen MR) is 107 cm³/mol. The van der Waals surface area contributed by atoms with Gasteiger partial charge in [-0.05, 0) is 29.7 Å². The molecule has 2 aromatic heterocycles. The van der Waals surface area contributed by atoms with Crippen molar-refractivity contribution in [2.75, 3.05) is 0 Å². The highest BCUT2D eigenvalue weighted by atomic mass is 35.5. The van der Waals surface area contributed by atoms with E-state index in [1.807, 2.05) is 13.8 Å². The van der Waals surface area contributed by atoms with Gasteiger partial charge in [0.1, 0.15) is 0 Å². The van der Waals surface area contributed by atoms with Crippen molar-refractivity contribution in [3.8, 4) is 0 Å². The van der Waals surface area contributed by atoms with Crippen LogP contribution in [0.25, 0.3) is 0 Å². The maximum absolute atomic E-state index is 9.70. The number of carbonyl (C=O) groups is 1. The molecule has 26 heavy (non-hydrogen) atoms. The second-order valence-corrected chi connectivity index (χ2v) is 6.76. The molecular weight excluding hydrogens is 422 g/mol. The Bertz CT molecular complexity index is 647. The number of nitrogens with zero attached hydrogens (tertiary/aromatic N) is 4. The average molecular weight is 444 g/mol. The first-order valence-corrected chi connectivity index (χ1v) is 8.61. The molecule has 0 aliphatic heterocycles. The van der Waals surface area contributed by atoms with Gasteiger partial charge in [0.25, 0.3) is 0 Å². The molecule has 1 N–H and O–H groups in total. The third kappa shape index (κ3) is 12.2. The van der Waals surface area contributed by atoms with Gasteiger partial charge in [-0.25, -0.2) is 0 Å². The minimum Gasteiger partial charge on any atom is -0.481 e. The van der Waals surface area contributed by atoms with Gasteiger partial charge >= 0.3 is 5.97 Å². The molecule has 146 valence electrons. The second kappa shape index (κ2) is 13.9. The highest BCUT2D eigenvalue weighted by Crippen LogP contribution is 2.23. The van der Waals surface area contributed by atoms with Gasteiger partial charge < -0.3 is 5.11 Å². The lowest BCUT2D eigenvalue weighted by Crippen LogP contribution is -2.03. The van der Waals surface area contributed by atoms with Crippen molar-refractivity contribution in [2.45, 2.75) is 41.0 Å². The van der Waals surface area contributed by atoms with Crippen molar-refractivity contribution in [1.29, 1.82) is 0 Å². The summed E-state index contributed by atoms with van der Waals surface area (Å²) in [5.74, 6) is -0.643. The maximum atomic E-state index is 9.70. The first-order valence-electron chi connectivity index (χ1n) is 7.10. The Kier molecular flexibility index (Phi) is 14.5. The van der Waals surface area contributed by atoms with E-state index in [0.717, 1.165) is 5.56 Å². The van der Waals surface area contributed by atoms with E-state index in [1.54, 1.807) is 32.0 Å². The molecule has 0 unspecified atom stereocenters. The molecule has 0 amide bonds. The van der Waals surface area contributed by atoms with Crippen LogP contribution in [-0.4, -0.2) is 31.5 Å². The van der Waals surface area contributed by atoms with Crippen LogP contribution in [0, 0.1) is 5.92 Å². The number of carboxylic acids is 1. The SMILES string of the molecule is C.CC(C)C(=O)O.CC(C)c1cc(Cl)nnc1Cl.Clc1ccc(Cl)nn1. The quantitative estimate of drug-likeness (QED) is 0.607. The number of hydrogen-bond acceptors (Lipinski definition) is 5. The molecule has 2 aromatic rings. The average Bonchev–Trinajstić information content (AvgIpc) is 2.53. The minimum absolute atomic E-state index is 0. The van der Waals surface area contributed by atoms with E-state index >= 15 is 0 Å². The molecule has 0 radical (unpaired) electrons. The van der Waals surface area contributed by atoms with E-state index in [2.05, 4.69) is 20.4 Å². The summed E-state index contributed by atoms with van der Waals surface area (Å²) in [4.78, 5) is 9.70. The number of carboxylic acid groups (broad SMARTS) is 1. The van der Waals surface area contributed by atoms with Crippen molar-refractivity contribution in [3.63, 3.8) is 0 Å². The van der Waals surface area contributed by atoms with Crippen molar-refractivity contribution in [1.82, 2.24) is 20.4 Å². The number of aliphatic carboxylic acids is 1. The Morgan fingerprint density at radius 2 is 1.27 bits per heavy atom. The summed E-state index contributed by atoms with van der Waals surface area (Å²) in [6.45, 7) is 7.34. The molecule has 0 fully saturated rings. The highest BCUT2D eigenvalue weighted by molar-refractivity contribution is 6.32. The van der Waals surface area contributed by atoms with Crippen molar-refractivity contribution >= 4 is 52.4 Å². The number of halogens is 4. The van der Waals surface area contributed by atoms with Gasteiger partial charge in [-0.3, -0.25) is 4.79 Å². The standard InChI is InChI=1S/C7H8Cl2N2.C4H2Cl2N2.C4H8O2.CH4/c1-4(2)5-3-6(8)10-11-7(5)9;5-3-1-2-4(6)8-7-3;1-3(2)4(5)6;/h3-4H,1-2H3;1-2H;3H,1-2H3,(H,5,6);1H4. The monoisotopic (exact) mass is 442 g/mol. The molecule has 6 nitrogen and oxygen atoms in total. The largest absolute Gasteiger partial charge is 0.481 e. The zero-order valence-electron chi connectivity index (χ0n) is 14.0. The van der Waals surface area contributed by atoms with Gasteiger partial charge in [-0.1, -0.05) is 81.5 Å². The Labute approximate surface area is 173 Å². The number of rotatable bonds is 2. The summed E-state index contributed by atoms with van der Waals surface area (Å²) >= 11 is 22.1. The highest BCUT2D eigenvalue weighted by Gasteiger charge is 2.07. The lowest BCUT2D eigenvalue weighted by atomic mass is 10.1. The normalized spacial score (nSPS) is 9.46. The molecule has 0 aliphatic carbocycles. The van der Waals surface area contributed by atoms with Crippen molar-refractivity contribution in [3.05, 3.63) is 44.4 Å². The first kappa shape index (κ1) is 27.0. The van der Waals surface area contributed by atoms with Crippen LogP contribution in [-0.2, 0) is 4.79 Å². The van der Waals surface area contributed by atoms with Crippen LogP contribution in [0.1, 0.15) is 46.6 Å². The van der Waals surface area contributed by atoms with Gasteiger partial charge in [0, 0.05) is 0 Å². The van der Waals surface area contributed by atoms with Crippen LogP contribution in [0.4, 0.5) is 0 Å². The van der Waals surface area contributed by atoms with Crippen LogP contribution < -0.4 is 0 Å². The van der Waals surface area contributed by atoms with Crippen LogP contribution in [0.15, 0.2) is 18.2 Å². The van der Waals surface area contributed by atoms with Crippen LogP contribution in [0.3, 0.4) is 0 Å². The summed E-state index contributed by atoms with van der Waals surface area (Å²) in [5, 5.41) is 23.7. The zero-order chi connectivity index (χ0) is 19.6. The van der Waals surface area contributed by atoms with E-state index in [9.17, 15) is 4.79 Å². The Morgan fingerprint density at radius 3 is 1.54 bits per heavy atom. The van der Waals surface area contributed by atoms with Crippen LogP contribution in [0.5, 0.6) is 0 Å². The Hall–Kier alpha value is -1.21. The van der Waals surface area contributed by atoms with Gasteiger partial charge in [-0.2, -0.15) is 0 Å². The summed E-state index contributed by atoms with van der Waals surface area (Å²) in [6.07, 6.45) is 0.